The van der Waals surface area contributed by atoms with E-state index in [1.165, 1.54) is 7.05 Å². The summed E-state index contributed by atoms with van der Waals surface area (Å²) >= 11 is 0. The van der Waals surface area contributed by atoms with Crippen LogP contribution in [0.1, 0.15) is 23.5 Å². The molecule has 0 saturated carbocycles. The lowest BCUT2D eigenvalue weighted by Gasteiger charge is -2.22. The highest BCUT2D eigenvalue weighted by atomic mass is 16.5. The molecule has 0 aliphatic heterocycles. The molecule has 7 nitrogen and oxygen atoms in total. The second-order valence-corrected chi connectivity index (χ2v) is 7.02. The number of terminal acetylenes is 1. The van der Waals surface area contributed by atoms with E-state index >= 15 is 0 Å². The Bertz CT molecular complexity index is 965. The van der Waals surface area contributed by atoms with Crippen LogP contribution >= 0.6 is 0 Å². The maximum absolute atomic E-state index is 12.4. The van der Waals surface area contributed by atoms with Crippen LogP contribution in [0.3, 0.4) is 0 Å². The maximum Gasteiger partial charge on any atom is 0.407 e. The van der Waals surface area contributed by atoms with Gasteiger partial charge in [-0.1, -0.05) is 48.5 Å². The molecule has 30 heavy (non-hydrogen) atoms. The molecule has 7 heteroatoms. The fraction of sp³-hybridized carbons (Fsp3) is 0.261. The van der Waals surface area contributed by atoms with E-state index in [9.17, 15) is 14.4 Å². The van der Waals surface area contributed by atoms with Crippen LogP contribution in [0.25, 0.3) is 11.1 Å². The first-order valence-electron chi connectivity index (χ1n) is 9.44. The Balaban J connectivity index is 1.67. The van der Waals surface area contributed by atoms with Crippen LogP contribution in [0.5, 0.6) is 0 Å². The van der Waals surface area contributed by atoms with Crippen LogP contribution in [-0.4, -0.2) is 54.2 Å². The van der Waals surface area contributed by atoms with Gasteiger partial charge in [0.05, 0.1) is 0 Å². The predicted molar refractivity (Wildman–Crippen MR) is 111 cm³/mol. The Morgan fingerprint density at radius 2 is 1.70 bits per heavy atom. The quantitative estimate of drug-likeness (QED) is 0.689. The molecule has 2 aromatic carbocycles. The highest BCUT2D eigenvalue weighted by Gasteiger charge is 2.30. The molecule has 1 unspecified atom stereocenters. The third-order valence-electron chi connectivity index (χ3n) is 5.00. The van der Waals surface area contributed by atoms with Crippen LogP contribution in [0.2, 0.25) is 0 Å². The second-order valence-electron chi connectivity index (χ2n) is 7.02. The summed E-state index contributed by atoms with van der Waals surface area (Å²) in [5.74, 6) is 0.454. The van der Waals surface area contributed by atoms with E-state index in [2.05, 4.69) is 11.2 Å². The van der Waals surface area contributed by atoms with Crippen LogP contribution < -0.4 is 5.32 Å². The van der Waals surface area contributed by atoms with Crippen LogP contribution in [0, 0.1) is 12.3 Å². The summed E-state index contributed by atoms with van der Waals surface area (Å²) in [6, 6.07) is 14.8. The Kier molecular flexibility index (Phi) is 6.38. The van der Waals surface area contributed by atoms with Gasteiger partial charge >= 0.3 is 12.1 Å². The Morgan fingerprint density at radius 1 is 1.13 bits per heavy atom. The number of nitrogens with zero attached hydrogens (tertiary/aromatic N) is 1. The molecule has 1 atom stereocenters. The van der Waals surface area contributed by atoms with Gasteiger partial charge in [0.15, 0.2) is 0 Å². The summed E-state index contributed by atoms with van der Waals surface area (Å²) in [6.45, 7) is -0.395. The lowest BCUT2D eigenvalue weighted by Crippen LogP contribution is -2.48. The third kappa shape index (κ3) is 4.44. The van der Waals surface area contributed by atoms with Crippen LogP contribution in [-0.2, 0) is 14.3 Å². The number of carbonyl (C=O) groups is 3. The topological polar surface area (TPSA) is 95.9 Å². The highest BCUT2D eigenvalue weighted by molar-refractivity contribution is 5.88. The number of nitrogens with one attached hydrogen (secondary N) is 1. The Labute approximate surface area is 174 Å². The molecule has 0 bridgehead atoms. The smallest absolute Gasteiger partial charge is 0.407 e. The van der Waals surface area contributed by atoms with Gasteiger partial charge in [0.25, 0.3) is 0 Å². The number of hydrogen-bond acceptors (Lipinski definition) is 4. The van der Waals surface area contributed by atoms with Crippen molar-refractivity contribution in [3.63, 3.8) is 0 Å². The van der Waals surface area contributed by atoms with Gasteiger partial charge in [0, 0.05) is 19.4 Å². The molecule has 1 aliphatic rings. The molecule has 2 amide bonds. The molecule has 1 aliphatic carbocycles. The first-order valence-corrected chi connectivity index (χ1v) is 9.44. The number of amides is 2. The fourth-order valence-corrected chi connectivity index (χ4v) is 3.65. The number of carboxylic acid groups (broad SMARTS) is 1. The van der Waals surface area contributed by atoms with Gasteiger partial charge in [-0.3, -0.25) is 9.59 Å². The van der Waals surface area contributed by atoms with Gasteiger partial charge in [0.2, 0.25) is 5.91 Å². The van der Waals surface area contributed by atoms with Crippen molar-refractivity contribution in [3.05, 3.63) is 59.7 Å². The zero-order valence-electron chi connectivity index (χ0n) is 16.5. The minimum absolute atomic E-state index is 0.0764. The predicted octanol–water partition coefficient (Wildman–Crippen LogP) is 2.46. The summed E-state index contributed by atoms with van der Waals surface area (Å²) < 4.78 is 5.42. The van der Waals surface area contributed by atoms with Crippen molar-refractivity contribution < 1.29 is 24.2 Å². The lowest BCUT2D eigenvalue weighted by atomic mass is 9.98. The molecule has 0 spiro atoms. The molecular formula is C23H22N2O5. The van der Waals surface area contributed by atoms with Crippen molar-refractivity contribution in [2.75, 3.05) is 20.2 Å². The molecule has 0 saturated heterocycles. The number of likely N-dealkylation sites (N-methyl/N-ethyl adjacent to an activating group) is 1. The van der Waals surface area contributed by atoms with E-state index in [-0.39, 0.29) is 18.9 Å². The average molecular weight is 406 g/mol. The average Bonchev–Trinajstić information content (AvgIpc) is 3.05. The van der Waals surface area contributed by atoms with Gasteiger partial charge in [-0.2, -0.15) is 0 Å². The maximum atomic E-state index is 12.4. The summed E-state index contributed by atoms with van der Waals surface area (Å²) in [7, 11) is 1.33. The summed E-state index contributed by atoms with van der Waals surface area (Å²) in [5.41, 5.74) is 4.36. The number of ether oxygens (including phenoxy) is 1. The van der Waals surface area contributed by atoms with Crippen molar-refractivity contribution >= 4 is 18.0 Å². The number of carbonyl (C=O) groups excluding carboxylic acids is 2. The standard InChI is InChI=1S/C23H22N2O5/c1-3-8-20(22(28)25(2)13-21(26)27)24-23(29)30-14-19-17-11-6-4-9-15(17)16-10-5-7-12-18(16)19/h1,4-7,9-12,19-20H,8,13-14H2,2H3,(H,24,29)(H,26,27). The first kappa shape index (κ1) is 20.9. The van der Waals surface area contributed by atoms with Gasteiger partial charge in [-0.05, 0) is 22.3 Å². The SMILES string of the molecule is C#CCC(NC(=O)OCC1c2ccccc2-c2ccccc21)C(=O)N(C)CC(=O)O. The van der Waals surface area contributed by atoms with Crippen LogP contribution in [0.4, 0.5) is 4.79 Å². The molecule has 0 aromatic heterocycles. The zero-order valence-corrected chi connectivity index (χ0v) is 16.5. The van der Waals surface area contributed by atoms with Gasteiger partial charge in [-0.15, -0.1) is 12.3 Å². The van der Waals surface area contributed by atoms with E-state index in [1.54, 1.807) is 0 Å². The number of hydrogen-bond donors (Lipinski definition) is 2. The minimum Gasteiger partial charge on any atom is -0.480 e. The van der Waals surface area contributed by atoms with E-state index in [0.29, 0.717) is 0 Å². The number of rotatable bonds is 7. The van der Waals surface area contributed by atoms with Gasteiger partial charge < -0.3 is 20.1 Å². The molecule has 0 radical (unpaired) electrons. The van der Waals surface area contributed by atoms with Crippen molar-refractivity contribution in [2.45, 2.75) is 18.4 Å². The summed E-state index contributed by atoms with van der Waals surface area (Å²) in [4.78, 5) is 36.6. The first-order chi connectivity index (χ1) is 14.4. The summed E-state index contributed by atoms with van der Waals surface area (Å²) in [6.07, 6.45) is 4.44. The van der Waals surface area contributed by atoms with E-state index in [4.69, 9.17) is 16.3 Å². The van der Waals surface area contributed by atoms with E-state index in [1.807, 2.05) is 48.5 Å². The number of alkyl carbamates (subject to hydrolysis) is 1. The van der Waals surface area contributed by atoms with Crippen molar-refractivity contribution in [2.24, 2.45) is 0 Å². The summed E-state index contributed by atoms with van der Waals surface area (Å²) in [5, 5.41) is 11.3. The van der Waals surface area contributed by atoms with Gasteiger partial charge in [0.1, 0.15) is 19.2 Å². The Hall–Kier alpha value is -3.79. The number of carboxylic acids is 1. The molecule has 3 rings (SSSR count). The monoisotopic (exact) mass is 406 g/mol. The van der Waals surface area contributed by atoms with Crippen LogP contribution in [0.15, 0.2) is 48.5 Å². The molecule has 0 fully saturated rings. The number of aliphatic carboxylic acids is 1. The molecular weight excluding hydrogens is 384 g/mol. The lowest BCUT2D eigenvalue weighted by molar-refractivity contribution is -0.144. The van der Waals surface area contributed by atoms with Crippen molar-refractivity contribution in [1.82, 2.24) is 10.2 Å². The van der Waals surface area contributed by atoms with Gasteiger partial charge in [-0.25, -0.2) is 4.79 Å². The highest BCUT2D eigenvalue weighted by Crippen LogP contribution is 2.44. The number of benzene rings is 2. The van der Waals surface area contributed by atoms with E-state index < -0.39 is 30.6 Å². The zero-order chi connectivity index (χ0) is 21.7. The van der Waals surface area contributed by atoms with E-state index in [0.717, 1.165) is 27.2 Å². The number of fused-ring (bicyclic) bond motifs is 3. The molecule has 2 N–H and O–H groups in total. The second kappa shape index (κ2) is 9.14. The fourth-order valence-electron chi connectivity index (χ4n) is 3.65. The Morgan fingerprint density at radius 3 is 2.23 bits per heavy atom. The van der Waals surface area contributed by atoms with Crippen molar-refractivity contribution in [3.8, 4) is 23.5 Å². The molecule has 2 aromatic rings. The normalized spacial score (nSPS) is 12.8. The van der Waals surface area contributed by atoms with Crippen molar-refractivity contribution in [1.29, 1.82) is 0 Å². The molecule has 0 heterocycles. The third-order valence-corrected chi connectivity index (χ3v) is 5.00. The minimum atomic E-state index is -1.16. The molecule has 154 valence electrons. The largest absolute Gasteiger partial charge is 0.480 e.